The largest absolute Gasteiger partial charge is 0.280 e. The van der Waals surface area contributed by atoms with E-state index < -0.39 is 26.6 Å². The van der Waals surface area contributed by atoms with E-state index in [1.165, 1.54) is 0 Å². The van der Waals surface area contributed by atoms with Crippen molar-refractivity contribution in [1.82, 2.24) is 4.98 Å². The van der Waals surface area contributed by atoms with E-state index in [2.05, 4.69) is 9.71 Å². The van der Waals surface area contributed by atoms with Gasteiger partial charge in [0.15, 0.2) is 0 Å². The highest BCUT2D eigenvalue weighted by Crippen LogP contribution is 2.25. The maximum atomic E-state index is 13.7. The summed E-state index contributed by atoms with van der Waals surface area (Å²) in [5.74, 6) is -1.11. The summed E-state index contributed by atoms with van der Waals surface area (Å²) >= 11 is 1.57. The number of nitrogens with one attached hydrogen (secondary N) is 1. The third-order valence-electron chi connectivity index (χ3n) is 3.42. The Labute approximate surface area is 154 Å². The van der Waals surface area contributed by atoms with Gasteiger partial charge in [0.1, 0.15) is 16.5 Å². The Morgan fingerprint density at radius 3 is 2.50 bits per heavy atom. The quantitative estimate of drug-likeness (QED) is 0.630. The van der Waals surface area contributed by atoms with Gasteiger partial charge in [-0.3, -0.25) is 9.71 Å². The number of rotatable bonds is 6. The summed E-state index contributed by atoms with van der Waals surface area (Å²) in [5, 5.41) is 0. The monoisotopic (exact) mass is 392 g/mol. The van der Waals surface area contributed by atoms with Crippen molar-refractivity contribution in [1.29, 1.82) is 0 Å². The van der Waals surface area contributed by atoms with Gasteiger partial charge in [-0.25, -0.2) is 17.2 Å². The Kier molecular flexibility index (Phi) is 5.53. The Hall–Kier alpha value is -2.45. The molecule has 1 heterocycles. The van der Waals surface area contributed by atoms with Gasteiger partial charge in [0, 0.05) is 28.7 Å². The molecular formula is C18H14F2N2O2S2. The highest BCUT2D eigenvalue weighted by atomic mass is 32.2. The summed E-state index contributed by atoms with van der Waals surface area (Å²) in [6.45, 7) is 0. The number of aromatic nitrogens is 1. The molecule has 0 saturated carbocycles. The zero-order chi connectivity index (χ0) is 18.6. The lowest BCUT2D eigenvalue weighted by Crippen LogP contribution is -2.14. The molecule has 0 aliphatic carbocycles. The number of nitrogens with zero attached hydrogens (tertiary/aromatic N) is 1. The molecule has 0 saturated heterocycles. The lowest BCUT2D eigenvalue weighted by molar-refractivity contribution is 0.555. The Bertz CT molecular complexity index is 995. The minimum Gasteiger partial charge on any atom is -0.280 e. The molecule has 0 atom stereocenters. The van der Waals surface area contributed by atoms with Crippen LogP contribution >= 0.6 is 11.8 Å². The lowest BCUT2D eigenvalue weighted by Gasteiger charge is -2.10. The van der Waals surface area contributed by atoms with E-state index in [0.717, 1.165) is 28.3 Å². The molecule has 134 valence electrons. The number of thioether (sulfide) groups is 1. The van der Waals surface area contributed by atoms with Crippen molar-refractivity contribution in [2.45, 2.75) is 15.5 Å². The second-order valence-electron chi connectivity index (χ2n) is 5.35. The predicted molar refractivity (Wildman–Crippen MR) is 97.4 cm³/mol. The van der Waals surface area contributed by atoms with E-state index in [1.807, 2.05) is 12.1 Å². The van der Waals surface area contributed by atoms with Crippen LogP contribution in [-0.2, 0) is 15.8 Å². The van der Waals surface area contributed by atoms with Crippen LogP contribution in [0.4, 0.5) is 14.5 Å². The van der Waals surface area contributed by atoms with Crippen LogP contribution < -0.4 is 4.72 Å². The summed E-state index contributed by atoms with van der Waals surface area (Å²) in [4.78, 5) is 4.26. The molecule has 0 unspecified atom stereocenters. The fraction of sp³-hybridized carbons (Fsp3) is 0.0556. The van der Waals surface area contributed by atoms with Crippen LogP contribution in [0, 0.1) is 11.6 Å². The van der Waals surface area contributed by atoms with E-state index in [4.69, 9.17) is 0 Å². The number of pyridine rings is 1. The third kappa shape index (κ3) is 4.59. The molecule has 0 radical (unpaired) electrons. The average Bonchev–Trinajstić information content (AvgIpc) is 2.64. The molecule has 1 aromatic heterocycles. The molecule has 0 aliphatic heterocycles. The van der Waals surface area contributed by atoms with Crippen LogP contribution in [0.2, 0.25) is 0 Å². The maximum absolute atomic E-state index is 13.7. The van der Waals surface area contributed by atoms with Gasteiger partial charge in [0.25, 0.3) is 10.0 Å². The van der Waals surface area contributed by atoms with Crippen LogP contribution in [0.1, 0.15) is 5.56 Å². The van der Waals surface area contributed by atoms with Gasteiger partial charge < -0.3 is 0 Å². The van der Waals surface area contributed by atoms with Crippen LogP contribution in [0.3, 0.4) is 0 Å². The van der Waals surface area contributed by atoms with Gasteiger partial charge in [-0.05, 0) is 54.1 Å². The number of benzene rings is 2. The SMILES string of the molecule is O=S(=O)(Nc1ccc(SCc2cccnc2)cc1)c1cc(F)ccc1F. The van der Waals surface area contributed by atoms with Crippen molar-refractivity contribution in [3.8, 4) is 0 Å². The molecule has 0 aliphatic rings. The molecule has 3 rings (SSSR count). The van der Waals surface area contributed by atoms with Gasteiger partial charge in [0.05, 0.1) is 0 Å². The first kappa shape index (κ1) is 18.3. The molecule has 3 aromatic rings. The Morgan fingerprint density at radius 2 is 1.81 bits per heavy atom. The summed E-state index contributed by atoms with van der Waals surface area (Å²) < 4.78 is 53.7. The summed E-state index contributed by atoms with van der Waals surface area (Å²) in [6, 6.07) is 12.8. The highest BCUT2D eigenvalue weighted by molar-refractivity contribution is 7.98. The summed E-state index contributed by atoms with van der Waals surface area (Å²) in [5.41, 5.74) is 1.34. The van der Waals surface area contributed by atoms with Crippen molar-refractivity contribution in [2.24, 2.45) is 0 Å². The van der Waals surface area contributed by atoms with Crippen LogP contribution in [0.25, 0.3) is 0 Å². The van der Waals surface area contributed by atoms with Crippen molar-refractivity contribution >= 4 is 27.5 Å². The molecule has 4 nitrogen and oxygen atoms in total. The minimum atomic E-state index is -4.21. The van der Waals surface area contributed by atoms with Crippen LogP contribution in [0.15, 0.2) is 76.8 Å². The smallest absolute Gasteiger partial charge is 0.264 e. The molecule has 0 fully saturated rings. The second kappa shape index (κ2) is 7.84. The van der Waals surface area contributed by atoms with Crippen LogP contribution in [0.5, 0.6) is 0 Å². The fourth-order valence-electron chi connectivity index (χ4n) is 2.16. The Morgan fingerprint density at radius 1 is 1.04 bits per heavy atom. The normalized spacial score (nSPS) is 11.3. The first-order valence-electron chi connectivity index (χ1n) is 7.54. The molecule has 8 heteroatoms. The van der Waals surface area contributed by atoms with Crippen LogP contribution in [-0.4, -0.2) is 13.4 Å². The standard InChI is InChI=1S/C18H14F2N2O2S2/c19-14-3-8-17(20)18(10-14)26(23,24)22-15-4-6-16(7-5-15)25-12-13-2-1-9-21-11-13/h1-11,22H,12H2. The molecule has 2 aromatic carbocycles. The molecular weight excluding hydrogens is 378 g/mol. The second-order valence-corrected chi connectivity index (χ2v) is 8.05. The van der Waals surface area contributed by atoms with Gasteiger partial charge in [-0.15, -0.1) is 11.8 Å². The molecule has 1 N–H and O–H groups in total. The molecule has 0 amide bonds. The lowest BCUT2D eigenvalue weighted by atomic mass is 10.3. The molecule has 26 heavy (non-hydrogen) atoms. The number of anilines is 1. The summed E-state index contributed by atoms with van der Waals surface area (Å²) in [7, 11) is -4.21. The number of hydrogen-bond acceptors (Lipinski definition) is 4. The van der Waals surface area contributed by atoms with Gasteiger partial charge in [0.2, 0.25) is 0 Å². The van der Waals surface area contributed by atoms with E-state index in [-0.39, 0.29) is 5.69 Å². The van der Waals surface area contributed by atoms with Crippen molar-refractivity contribution in [3.63, 3.8) is 0 Å². The Balaban J connectivity index is 1.69. The van der Waals surface area contributed by atoms with E-state index >= 15 is 0 Å². The first-order chi connectivity index (χ1) is 12.4. The highest BCUT2D eigenvalue weighted by Gasteiger charge is 2.20. The topological polar surface area (TPSA) is 59.1 Å². The van der Waals surface area contributed by atoms with E-state index in [1.54, 1.807) is 48.4 Å². The fourth-order valence-corrected chi connectivity index (χ4v) is 4.14. The molecule has 0 spiro atoms. The summed E-state index contributed by atoms with van der Waals surface area (Å²) in [6.07, 6.45) is 3.49. The van der Waals surface area contributed by atoms with Crippen molar-refractivity contribution < 1.29 is 17.2 Å². The number of hydrogen-bond donors (Lipinski definition) is 1. The van der Waals surface area contributed by atoms with E-state index in [0.29, 0.717) is 6.07 Å². The zero-order valence-electron chi connectivity index (χ0n) is 13.4. The van der Waals surface area contributed by atoms with Gasteiger partial charge in [-0.1, -0.05) is 6.07 Å². The first-order valence-corrected chi connectivity index (χ1v) is 10.0. The molecule has 0 bridgehead atoms. The van der Waals surface area contributed by atoms with Crippen molar-refractivity contribution in [2.75, 3.05) is 4.72 Å². The average molecular weight is 392 g/mol. The van der Waals surface area contributed by atoms with Gasteiger partial charge in [-0.2, -0.15) is 0 Å². The number of sulfonamides is 1. The maximum Gasteiger partial charge on any atom is 0.264 e. The number of halogens is 2. The zero-order valence-corrected chi connectivity index (χ0v) is 15.0. The minimum absolute atomic E-state index is 0.263. The predicted octanol–water partition coefficient (Wildman–Crippen LogP) is 4.45. The van der Waals surface area contributed by atoms with Gasteiger partial charge >= 0.3 is 0 Å². The third-order valence-corrected chi connectivity index (χ3v) is 5.90. The van der Waals surface area contributed by atoms with Crippen molar-refractivity contribution in [3.05, 3.63) is 84.2 Å². The van der Waals surface area contributed by atoms with E-state index in [9.17, 15) is 17.2 Å².